The van der Waals surface area contributed by atoms with E-state index in [9.17, 15) is 4.79 Å². The third kappa shape index (κ3) is 2.82. The number of rotatable bonds is 5. The van der Waals surface area contributed by atoms with Crippen molar-refractivity contribution in [3.63, 3.8) is 0 Å². The molecule has 1 aromatic heterocycles. The average Bonchev–Trinajstić information content (AvgIpc) is 2.57. The Kier molecular flexibility index (Phi) is 4.06. The monoisotopic (exact) mass is 226 g/mol. The van der Waals surface area contributed by atoms with E-state index in [1.165, 1.54) is 6.20 Å². The van der Waals surface area contributed by atoms with E-state index in [4.69, 9.17) is 9.84 Å². The largest absolute Gasteiger partial charge is 0.478 e. The van der Waals surface area contributed by atoms with Crippen LogP contribution in [0.4, 0.5) is 0 Å². The summed E-state index contributed by atoms with van der Waals surface area (Å²) in [5.41, 5.74) is 0.838. The van der Waals surface area contributed by atoms with Crippen LogP contribution in [0.1, 0.15) is 49.8 Å². The van der Waals surface area contributed by atoms with Gasteiger partial charge in [-0.25, -0.2) is 4.79 Å². The molecule has 0 radical (unpaired) electrons. The molecule has 1 aromatic rings. The smallest absolute Gasteiger partial charge is 0.339 e. The standard InChI is InChI=1S/C11H18N2O3/c1-7(2)13-10(6-16-8(3)4)9(5-12-13)11(14)15/h5,7-8H,6H2,1-4H3,(H,14,15). The molecule has 0 amide bonds. The van der Waals surface area contributed by atoms with Gasteiger partial charge in [-0.2, -0.15) is 5.10 Å². The summed E-state index contributed by atoms with van der Waals surface area (Å²) < 4.78 is 7.13. The molecule has 5 nitrogen and oxygen atoms in total. The van der Waals surface area contributed by atoms with E-state index < -0.39 is 5.97 Å². The molecule has 0 unspecified atom stereocenters. The van der Waals surface area contributed by atoms with Gasteiger partial charge < -0.3 is 9.84 Å². The summed E-state index contributed by atoms with van der Waals surface area (Å²) >= 11 is 0. The first-order valence-electron chi connectivity index (χ1n) is 5.34. The molecule has 1 rings (SSSR count). The fourth-order valence-electron chi connectivity index (χ4n) is 1.40. The van der Waals surface area contributed by atoms with Crippen molar-refractivity contribution in [3.8, 4) is 0 Å². The highest BCUT2D eigenvalue weighted by Gasteiger charge is 2.18. The first kappa shape index (κ1) is 12.7. The van der Waals surface area contributed by atoms with Gasteiger partial charge in [-0.3, -0.25) is 4.68 Å². The van der Waals surface area contributed by atoms with Gasteiger partial charge in [-0.15, -0.1) is 0 Å². The van der Waals surface area contributed by atoms with E-state index in [1.807, 2.05) is 27.7 Å². The lowest BCUT2D eigenvalue weighted by atomic mass is 10.2. The summed E-state index contributed by atoms with van der Waals surface area (Å²) in [6.45, 7) is 8.01. The molecule has 1 heterocycles. The van der Waals surface area contributed by atoms with E-state index in [-0.39, 0.29) is 24.3 Å². The third-order valence-electron chi connectivity index (χ3n) is 2.17. The Morgan fingerprint density at radius 3 is 2.56 bits per heavy atom. The Morgan fingerprint density at radius 2 is 2.12 bits per heavy atom. The highest BCUT2D eigenvalue weighted by molar-refractivity contribution is 5.88. The van der Waals surface area contributed by atoms with Crippen molar-refractivity contribution in [2.24, 2.45) is 0 Å². The van der Waals surface area contributed by atoms with Gasteiger partial charge in [-0.1, -0.05) is 0 Å². The van der Waals surface area contributed by atoms with Gasteiger partial charge in [0.15, 0.2) is 0 Å². The van der Waals surface area contributed by atoms with Crippen molar-refractivity contribution in [2.45, 2.75) is 46.4 Å². The molecule has 0 atom stereocenters. The summed E-state index contributed by atoms with van der Waals surface area (Å²) in [6, 6.07) is 0.124. The first-order valence-corrected chi connectivity index (χ1v) is 5.34. The molecular weight excluding hydrogens is 208 g/mol. The van der Waals surface area contributed by atoms with Gasteiger partial charge in [-0.05, 0) is 27.7 Å². The quantitative estimate of drug-likeness (QED) is 0.834. The van der Waals surface area contributed by atoms with Gasteiger partial charge in [0.25, 0.3) is 0 Å². The Morgan fingerprint density at radius 1 is 1.50 bits per heavy atom. The topological polar surface area (TPSA) is 64.3 Å². The number of carboxylic acid groups (broad SMARTS) is 1. The van der Waals surface area contributed by atoms with Crippen molar-refractivity contribution < 1.29 is 14.6 Å². The van der Waals surface area contributed by atoms with E-state index in [2.05, 4.69) is 5.10 Å². The van der Waals surface area contributed by atoms with E-state index in [0.717, 1.165) is 0 Å². The van der Waals surface area contributed by atoms with Crippen molar-refractivity contribution in [1.82, 2.24) is 9.78 Å². The van der Waals surface area contributed by atoms with E-state index in [1.54, 1.807) is 4.68 Å². The van der Waals surface area contributed by atoms with Gasteiger partial charge in [0.2, 0.25) is 0 Å². The summed E-state index contributed by atoms with van der Waals surface area (Å²) in [7, 11) is 0. The number of aromatic carboxylic acids is 1. The zero-order chi connectivity index (χ0) is 12.3. The number of carboxylic acids is 1. The number of hydrogen-bond donors (Lipinski definition) is 1. The molecule has 0 aliphatic heterocycles. The van der Waals surface area contributed by atoms with Gasteiger partial charge in [0, 0.05) is 6.04 Å². The predicted molar refractivity (Wildman–Crippen MR) is 59.5 cm³/mol. The lowest BCUT2D eigenvalue weighted by molar-refractivity contribution is 0.0567. The molecule has 16 heavy (non-hydrogen) atoms. The molecule has 0 bridgehead atoms. The molecule has 5 heteroatoms. The Hall–Kier alpha value is -1.36. The zero-order valence-electron chi connectivity index (χ0n) is 10.1. The van der Waals surface area contributed by atoms with Crippen LogP contribution < -0.4 is 0 Å². The minimum Gasteiger partial charge on any atom is -0.478 e. The Bertz CT molecular complexity index is 369. The maximum absolute atomic E-state index is 11.0. The Balaban J connectivity index is 2.99. The molecule has 0 saturated heterocycles. The molecule has 0 aliphatic rings. The fraction of sp³-hybridized carbons (Fsp3) is 0.636. The average molecular weight is 226 g/mol. The second kappa shape index (κ2) is 5.12. The molecular formula is C11H18N2O3. The summed E-state index contributed by atoms with van der Waals surface area (Å²) in [5.74, 6) is -0.964. The van der Waals surface area contributed by atoms with E-state index >= 15 is 0 Å². The van der Waals surface area contributed by atoms with Gasteiger partial charge >= 0.3 is 5.97 Å². The Labute approximate surface area is 95.0 Å². The van der Waals surface area contributed by atoms with Crippen LogP contribution in [0.15, 0.2) is 6.20 Å². The number of hydrogen-bond acceptors (Lipinski definition) is 3. The normalized spacial score (nSPS) is 11.4. The fourth-order valence-corrected chi connectivity index (χ4v) is 1.40. The number of nitrogens with zero attached hydrogens (tertiary/aromatic N) is 2. The van der Waals surface area contributed by atoms with Crippen molar-refractivity contribution in [2.75, 3.05) is 0 Å². The van der Waals surface area contributed by atoms with Crippen molar-refractivity contribution in [1.29, 1.82) is 0 Å². The molecule has 0 aliphatic carbocycles. The SMILES string of the molecule is CC(C)OCc1c(C(=O)O)cnn1C(C)C. The lowest BCUT2D eigenvalue weighted by Crippen LogP contribution is -2.13. The predicted octanol–water partition coefficient (Wildman–Crippen LogP) is 2.09. The minimum absolute atomic E-state index is 0.0668. The molecule has 1 N–H and O–H groups in total. The molecule has 90 valence electrons. The highest BCUT2D eigenvalue weighted by atomic mass is 16.5. The maximum Gasteiger partial charge on any atom is 0.339 e. The second-order valence-electron chi connectivity index (χ2n) is 4.21. The summed E-state index contributed by atoms with van der Waals surface area (Å²) in [5, 5.41) is 13.1. The maximum atomic E-state index is 11.0. The van der Waals surface area contributed by atoms with Crippen LogP contribution in [0, 0.1) is 0 Å². The molecule has 0 spiro atoms. The zero-order valence-corrected chi connectivity index (χ0v) is 10.1. The van der Waals surface area contributed by atoms with Crippen LogP contribution in [0.5, 0.6) is 0 Å². The lowest BCUT2D eigenvalue weighted by Gasteiger charge is -2.13. The van der Waals surface area contributed by atoms with Crippen molar-refractivity contribution >= 4 is 5.97 Å². The highest BCUT2D eigenvalue weighted by Crippen LogP contribution is 2.15. The van der Waals surface area contributed by atoms with E-state index in [0.29, 0.717) is 5.69 Å². The second-order valence-corrected chi connectivity index (χ2v) is 4.21. The van der Waals surface area contributed by atoms with Crippen LogP contribution in [0.25, 0.3) is 0 Å². The number of aromatic nitrogens is 2. The molecule has 0 saturated carbocycles. The van der Waals surface area contributed by atoms with Crippen molar-refractivity contribution in [3.05, 3.63) is 17.5 Å². The van der Waals surface area contributed by atoms with Crippen LogP contribution in [0.3, 0.4) is 0 Å². The minimum atomic E-state index is -0.964. The van der Waals surface area contributed by atoms with Gasteiger partial charge in [0.05, 0.1) is 24.6 Å². The number of ether oxygens (including phenoxy) is 1. The summed E-state index contributed by atoms with van der Waals surface area (Å²) in [6.07, 6.45) is 1.44. The number of carbonyl (C=O) groups is 1. The molecule has 0 fully saturated rings. The van der Waals surface area contributed by atoms with Crippen LogP contribution in [0.2, 0.25) is 0 Å². The van der Waals surface area contributed by atoms with Crippen LogP contribution >= 0.6 is 0 Å². The van der Waals surface area contributed by atoms with Crippen LogP contribution in [-0.2, 0) is 11.3 Å². The van der Waals surface area contributed by atoms with Crippen LogP contribution in [-0.4, -0.2) is 27.0 Å². The van der Waals surface area contributed by atoms with Gasteiger partial charge in [0.1, 0.15) is 5.56 Å². The molecule has 0 aromatic carbocycles. The summed E-state index contributed by atoms with van der Waals surface area (Å²) in [4.78, 5) is 11.0. The first-order chi connectivity index (χ1) is 7.43. The third-order valence-corrected chi connectivity index (χ3v) is 2.17.